The molecule has 0 fully saturated rings. The number of hydrogen-bond donors (Lipinski definition) is 3. The second-order valence-electron chi connectivity index (χ2n) is 5.51. The van der Waals surface area contributed by atoms with Gasteiger partial charge in [-0.3, -0.25) is 4.79 Å². The Kier molecular flexibility index (Phi) is 3.94. The summed E-state index contributed by atoms with van der Waals surface area (Å²) in [5.74, 6) is -10.1. The molecule has 0 saturated heterocycles. The van der Waals surface area contributed by atoms with Gasteiger partial charge >= 0.3 is 5.97 Å². The van der Waals surface area contributed by atoms with E-state index in [0.29, 0.717) is 5.56 Å². The predicted octanol–water partition coefficient (Wildman–Crippen LogP) is 3.46. The molecule has 0 aliphatic rings. The summed E-state index contributed by atoms with van der Waals surface area (Å²) in [6, 6.07) is 3.66. The number of rotatable bonds is 2. The van der Waals surface area contributed by atoms with Crippen LogP contribution in [0, 0.1) is 30.2 Å². The quantitative estimate of drug-likeness (QED) is 0.368. The van der Waals surface area contributed by atoms with Gasteiger partial charge in [-0.2, -0.15) is 0 Å². The molecule has 0 amide bonds. The molecule has 9 heteroatoms. The van der Waals surface area contributed by atoms with Crippen molar-refractivity contribution in [2.45, 2.75) is 6.92 Å². The molecule has 134 valence electrons. The molecule has 5 nitrogen and oxygen atoms in total. The number of aromatic carboxylic acids is 1. The van der Waals surface area contributed by atoms with Gasteiger partial charge in [0.15, 0.2) is 23.3 Å². The van der Waals surface area contributed by atoms with Crippen molar-refractivity contribution in [2.24, 2.45) is 0 Å². The van der Waals surface area contributed by atoms with Gasteiger partial charge in [0.2, 0.25) is 5.43 Å². The number of carbonyl (C=O) groups is 1. The maximum atomic E-state index is 14.1. The lowest BCUT2D eigenvalue weighted by molar-refractivity contribution is 0.0696. The number of phenolic OH excluding ortho intramolecular Hbond substituents is 1. The van der Waals surface area contributed by atoms with E-state index in [4.69, 9.17) is 0 Å². The highest BCUT2D eigenvalue weighted by Crippen LogP contribution is 2.31. The van der Waals surface area contributed by atoms with Gasteiger partial charge in [0.1, 0.15) is 11.3 Å². The number of pyridine rings is 1. The third-order valence-corrected chi connectivity index (χ3v) is 3.91. The van der Waals surface area contributed by atoms with Crippen LogP contribution in [-0.2, 0) is 0 Å². The molecule has 0 aliphatic carbocycles. The number of H-pyrrole nitrogens is 1. The number of fused-ring (bicyclic) bond motifs is 1. The van der Waals surface area contributed by atoms with Crippen LogP contribution in [0.15, 0.2) is 23.0 Å². The highest BCUT2D eigenvalue weighted by atomic mass is 19.2. The van der Waals surface area contributed by atoms with E-state index in [9.17, 15) is 37.4 Å². The molecule has 0 atom stereocenters. The summed E-state index contributed by atoms with van der Waals surface area (Å²) in [5, 5.41) is 17.6. The highest BCUT2D eigenvalue weighted by molar-refractivity contribution is 5.99. The van der Waals surface area contributed by atoms with Crippen LogP contribution in [0.2, 0.25) is 0 Å². The Labute approximate surface area is 142 Å². The zero-order valence-corrected chi connectivity index (χ0v) is 13.0. The van der Waals surface area contributed by atoms with E-state index in [1.165, 1.54) is 25.1 Å². The van der Waals surface area contributed by atoms with Crippen LogP contribution in [0.25, 0.3) is 22.2 Å². The summed E-state index contributed by atoms with van der Waals surface area (Å²) in [5.41, 5.74) is -3.55. The zero-order valence-electron chi connectivity index (χ0n) is 13.0. The minimum absolute atomic E-state index is 0.0729. The molecule has 3 aromatic rings. The molecule has 0 saturated carbocycles. The van der Waals surface area contributed by atoms with Crippen LogP contribution in [0.4, 0.5) is 17.6 Å². The largest absolute Gasteiger partial charge is 0.508 e. The first-order valence-electron chi connectivity index (χ1n) is 7.10. The average Bonchev–Trinajstić information content (AvgIpc) is 2.57. The lowest BCUT2D eigenvalue weighted by atomic mass is 9.98. The number of aromatic amines is 1. The third kappa shape index (κ3) is 2.40. The minimum Gasteiger partial charge on any atom is -0.508 e. The summed E-state index contributed by atoms with van der Waals surface area (Å²) in [4.78, 5) is 26.2. The van der Waals surface area contributed by atoms with E-state index in [1.54, 1.807) is 0 Å². The number of hydrogen-bond acceptors (Lipinski definition) is 3. The monoisotopic (exact) mass is 367 g/mol. The molecular weight excluding hydrogens is 358 g/mol. The number of carboxylic acid groups (broad SMARTS) is 1. The molecule has 0 aliphatic heterocycles. The first kappa shape index (κ1) is 17.5. The standard InChI is InChI=1S/C17H9F4NO4/c1-5-4-6(23)2-3-7(5)14-9(17(25)26)16(24)8-10(18)11(19)12(20)13(21)15(8)22-14/h2-4,23H,1H3,(H,22,24)(H,25,26). The molecule has 2 aromatic carbocycles. The van der Waals surface area contributed by atoms with E-state index in [-0.39, 0.29) is 11.3 Å². The second-order valence-corrected chi connectivity index (χ2v) is 5.51. The molecule has 3 N–H and O–H groups in total. The minimum atomic E-state index is -2.22. The number of benzene rings is 2. The van der Waals surface area contributed by atoms with Crippen LogP contribution in [0.3, 0.4) is 0 Å². The van der Waals surface area contributed by atoms with Gasteiger partial charge in [0.05, 0.1) is 16.6 Å². The van der Waals surface area contributed by atoms with Crippen molar-refractivity contribution in [3.63, 3.8) is 0 Å². The lowest BCUT2D eigenvalue weighted by Crippen LogP contribution is -2.21. The Hall–Kier alpha value is -3.36. The van der Waals surface area contributed by atoms with Gasteiger partial charge in [0.25, 0.3) is 0 Å². The molecule has 1 aromatic heterocycles. The van der Waals surface area contributed by atoms with Crippen LogP contribution in [0.5, 0.6) is 5.75 Å². The van der Waals surface area contributed by atoms with Crippen LogP contribution in [-0.4, -0.2) is 21.2 Å². The number of carboxylic acids is 1. The Balaban J connectivity index is 2.58. The van der Waals surface area contributed by atoms with Crippen LogP contribution >= 0.6 is 0 Å². The molecular formula is C17H9F4NO4. The Morgan fingerprint density at radius 1 is 1.04 bits per heavy atom. The molecule has 26 heavy (non-hydrogen) atoms. The van der Waals surface area contributed by atoms with Gasteiger partial charge < -0.3 is 15.2 Å². The van der Waals surface area contributed by atoms with Crippen molar-refractivity contribution in [1.29, 1.82) is 0 Å². The summed E-state index contributed by atoms with van der Waals surface area (Å²) in [6.07, 6.45) is 0. The molecule has 0 spiro atoms. The summed E-state index contributed by atoms with van der Waals surface area (Å²) < 4.78 is 55.0. The normalized spacial score (nSPS) is 11.1. The van der Waals surface area contributed by atoms with Crippen molar-refractivity contribution < 1.29 is 32.6 Å². The summed E-state index contributed by atoms with van der Waals surface area (Å²) in [7, 11) is 0. The van der Waals surface area contributed by atoms with Gasteiger partial charge in [-0.15, -0.1) is 0 Å². The lowest BCUT2D eigenvalue weighted by Gasteiger charge is -2.13. The van der Waals surface area contributed by atoms with Crippen molar-refractivity contribution in [2.75, 3.05) is 0 Å². The van der Waals surface area contributed by atoms with Crippen molar-refractivity contribution >= 4 is 16.9 Å². The fourth-order valence-electron chi connectivity index (χ4n) is 2.72. The van der Waals surface area contributed by atoms with Crippen LogP contribution < -0.4 is 5.43 Å². The number of halogens is 4. The molecule has 0 unspecified atom stereocenters. The molecule has 1 heterocycles. The van der Waals surface area contributed by atoms with E-state index >= 15 is 0 Å². The fraction of sp³-hybridized carbons (Fsp3) is 0.0588. The average molecular weight is 367 g/mol. The van der Waals surface area contributed by atoms with Gasteiger partial charge in [0, 0.05) is 5.56 Å². The van der Waals surface area contributed by atoms with E-state index < -0.39 is 56.8 Å². The predicted molar refractivity (Wildman–Crippen MR) is 83.2 cm³/mol. The van der Waals surface area contributed by atoms with Crippen molar-refractivity contribution in [1.82, 2.24) is 4.98 Å². The fourth-order valence-corrected chi connectivity index (χ4v) is 2.72. The number of aromatic hydroxyl groups is 1. The maximum absolute atomic E-state index is 14.1. The van der Waals surface area contributed by atoms with E-state index in [1.807, 2.05) is 0 Å². The molecule has 0 bridgehead atoms. The SMILES string of the molecule is Cc1cc(O)ccc1-c1[nH]c2c(F)c(F)c(F)c(F)c2c(=O)c1C(=O)O. The third-order valence-electron chi connectivity index (χ3n) is 3.91. The zero-order chi connectivity index (χ0) is 19.3. The number of aromatic nitrogens is 1. The van der Waals surface area contributed by atoms with E-state index in [2.05, 4.69) is 4.98 Å². The first-order chi connectivity index (χ1) is 12.1. The topological polar surface area (TPSA) is 90.4 Å². The van der Waals surface area contributed by atoms with Crippen LogP contribution in [0.1, 0.15) is 15.9 Å². The second kappa shape index (κ2) is 5.87. The number of nitrogens with one attached hydrogen (secondary N) is 1. The van der Waals surface area contributed by atoms with E-state index in [0.717, 1.165) is 0 Å². The molecule has 0 radical (unpaired) electrons. The van der Waals surface area contributed by atoms with Gasteiger partial charge in [-0.05, 0) is 30.7 Å². The first-order valence-corrected chi connectivity index (χ1v) is 7.10. The highest BCUT2D eigenvalue weighted by Gasteiger charge is 2.28. The van der Waals surface area contributed by atoms with Gasteiger partial charge in [-0.1, -0.05) is 0 Å². The van der Waals surface area contributed by atoms with Crippen molar-refractivity contribution in [3.8, 4) is 17.0 Å². The van der Waals surface area contributed by atoms with Crippen molar-refractivity contribution in [3.05, 3.63) is 62.8 Å². The summed E-state index contributed by atoms with van der Waals surface area (Å²) in [6.45, 7) is 1.46. The molecule has 3 rings (SSSR count). The number of phenols is 1. The number of aryl methyl sites for hydroxylation is 1. The summed E-state index contributed by atoms with van der Waals surface area (Å²) >= 11 is 0. The Morgan fingerprint density at radius 3 is 2.23 bits per heavy atom. The Bertz CT molecular complexity index is 1150. The smallest absolute Gasteiger partial charge is 0.341 e. The maximum Gasteiger partial charge on any atom is 0.341 e. The van der Waals surface area contributed by atoms with Gasteiger partial charge in [-0.25, -0.2) is 22.4 Å². The Morgan fingerprint density at radius 2 is 1.65 bits per heavy atom.